The molecule has 7 nitrogen and oxygen atoms in total. The van der Waals surface area contributed by atoms with E-state index in [-0.39, 0.29) is 18.4 Å². The Kier molecular flexibility index (Phi) is 9.12. The van der Waals surface area contributed by atoms with Gasteiger partial charge in [-0.1, -0.05) is 28.1 Å². The van der Waals surface area contributed by atoms with Crippen molar-refractivity contribution in [2.45, 2.75) is 39.2 Å². The summed E-state index contributed by atoms with van der Waals surface area (Å²) in [5.41, 5.74) is 0.335. The number of halogens is 1. The van der Waals surface area contributed by atoms with Crippen molar-refractivity contribution >= 4 is 33.8 Å². The van der Waals surface area contributed by atoms with E-state index in [2.05, 4.69) is 31.9 Å². The van der Waals surface area contributed by atoms with Gasteiger partial charge in [0.15, 0.2) is 0 Å². The van der Waals surface area contributed by atoms with Crippen LogP contribution in [0.25, 0.3) is 0 Å². The molecule has 0 aromatic heterocycles. The van der Waals surface area contributed by atoms with Crippen LogP contribution < -0.4 is 16.0 Å². The van der Waals surface area contributed by atoms with Gasteiger partial charge < -0.3 is 20.7 Å². The Bertz CT molecular complexity index is 612. The molecule has 1 aromatic carbocycles. The first-order chi connectivity index (χ1) is 12.2. The molecule has 0 atom stereocenters. The zero-order valence-corrected chi connectivity index (χ0v) is 16.9. The summed E-state index contributed by atoms with van der Waals surface area (Å²) in [4.78, 5) is 34.8. The largest absolute Gasteiger partial charge is 0.444 e. The van der Waals surface area contributed by atoms with Crippen molar-refractivity contribution in [1.29, 1.82) is 0 Å². The van der Waals surface area contributed by atoms with Gasteiger partial charge in [-0.05, 0) is 44.9 Å². The van der Waals surface area contributed by atoms with Gasteiger partial charge in [-0.3, -0.25) is 9.59 Å². The predicted molar refractivity (Wildman–Crippen MR) is 103 cm³/mol. The topological polar surface area (TPSA) is 96.5 Å². The van der Waals surface area contributed by atoms with E-state index in [1.807, 2.05) is 24.3 Å². The van der Waals surface area contributed by atoms with Crippen LogP contribution in [0.1, 0.15) is 32.8 Å². The molecule has 0 saturated heterocycles. The first-order valence-electron chi connectivity index (χ1n) is 8.40. The number of carbonyl (C=O) groups is 3. The number of carbonyl (C=O) groups excluding carboxylic acids is 3. The minimum atomic E-state index is -0.632. The van der Waals surface area contributed by atoms with Gasteiger partial charge in [-0.2, -0.15) is 0 Å². The lowest BCUT2D eigenvalue weighted by molar-refractivity contribution is -0.120. The van der Waals surface area contributed by atoms with E-state index in [0.717, 1.165) is 10.0 Å². The Labute approximate surface area is 162 Å². The lowest BCUT2D eigenvalue weighted by Gasteiger charge is -2.19. The third-order valence-electron chi connectivity index (χ3n) is 3.07. The quantitative estimate of drug-likeness (QED) is 0.553. The predicted octanol–water partition coefficient (Wildman–Crippen LogP) is 2.14. The summed E-state index contributed by atoms with van der Waals surface area (Å²) in [7, 11) is 0. The van der Waals surface area contributed by atoms with E-state index >= 15 is 0 Å². The number of hydrogen-bond acceptors (Lipinski definition) is 4. The molecule has 0 aliphatic heterocycles. The van der Waals surface area contributed by atoms with Crippen molar-refractivity contribution in [3.05, 3.63) is 34.3 Å². The van der Waals surface area contributed by atoms with Gasteiger partial charge in [-0.25, -0.2) is 4.79 Å². The fourth-order valence-corrected chi connectivity index (χ4v) is 2.19. The second-order valence-electron chi connectivity index (χ2n) is 6.71. The van der Waals surface area contributed by atoms with Crippen LogP contribution in [0.4, 0.5) is 4.79 Å². The molecule has 0 radical (unpaired) electrons. The van der Waals surface area contributed by atoms with Crippen molar-refractivity contribution in [3.8, 4) is 0 Å². The number of ether oxygens (including phenoxy) is 1. The first-order valence-corrected chi connectivity index (χ1v) is 9.20. The third-order valence-corrected chi connectivity index (χ3v) is 3.60. The smallest absolute Gasteiger partial charge is 0.408 e. The van der Waals surface area contributed by atoms with Gasteiger partial charge in [0.2, 0.25) is 11.8 Å². The second kappa shape index (κ2) is 10.8. The number of amides is 3. The fourth-order valence-electron chi connectivity index (χ4n) is 1.92. The van der Waals surface area contributed by atoms with Gasteiger partial charge in [0, 0.05) is 17.6 Å². The van der Waals surface area contributed by atoms with Crippen LogP contribution in [0.2, 0.25) is 0 Å². The summed E-state index contributed by atoms with van der Waals surface area (Å²) in [6, 6.07) is 7.57. The summed E-state index contributed by atoms with van der Waals surface area (Å²) < 4.78 is 6.00. The lowest BCUT2D eigenvalue weighted by atomic mass is 10.1. The van der Waals surface area contributed by atoms with E-state index in [4.69, 9.17) is 4.74 Å². The average molecular weight is 428 g/mol. The molecule has 1 rings (SSSR count). The number of benzene rings is 1. The normalized spacial score (nSPS) is 10.8. The second-order valence-corrected chi connectivity index (χ2v) is 7.63. The highest BCUT2D eigenvalue weighted by atomic mass is 79.9. The molecule has 0 spiro atoms. The Morgan fingerprint density at radius 2 is 1.54 bits per heavy atom. The Morgan fingerprint density at radius 1 is 0.962 bits per heavy atom. The molecule has 0 unspecified atom stereocenters. The van der Waals surface area contributed by atoms with Gasteiger partial charge in [0.25, 0.3) is 0 Å². The first kappa shape index (κ1) is 22.0. The maximum absolute atomic E-state index is 11.8. The van der Waals surface area contributed by atoms with Crippen LogP contribution in [0.5, 0.6) is 0 Å². The molecule has 1 aromatic rings. The highest BCUT2D eigenvalue weighted by Crippen LogP contribution is 2.10. The van der Waals surface area contributed by atoms with Crippen molar-refractivity contribution in [3.63, 3.8) is 0 Å². The lowest BCUT2D eigenvalue weighted by Crippen LogP contribution is -2.40. The third kappa shape index (κ3) is 10.7. The maximum Gasteiger partial charge on any atom is 0.408 e. The monoisotopic (exact) mass is 427 g/mol. The number of nitrogens with one attached hydrogen (secondary N) is 3. The van der Waals surface area contributed by atoms with Crippen molar-refractivity contribution < 1.29 is 19.1 Å². The molecule has 144 valence electrons. The van der Waals surface area contributed by atoms with Crippen molar-refractivity contribution in [1.82, 2.24) is 16.0 Å². The van der Waals surface area contributed by atoms with Crippen LogP contribution in [-0.2, 0) is 20.7 Å². The standard InChI is InChI=1S/C18H26BrN3O4/c1-18(2,3)26-17(25)22-12-16(24)21-10-4-9-20-15(23)11-13-5-7-14(19)8-6-13/h5-8H,4,9-12H2,1-3H3,(H,20,23)(H,21,24)(H,22,25). The zero-order valence-electron chi connectivity index (χ0n) is 15.4. The van der Waals surface area contributed by atoms with Gasteiger partial charge in [0.1, 0.15) is 5.60 Å². The van der Waals surface area contributed by atoms with Crippen LogP contribution in [0.15, 0.2) is 28.7 Å². The van der Waals surface area contributed by atoms with E-state index in [9.17, 15) is 14.4 Å². The van der Waals surface area contributed by atoms with Crippen LogP contribution in [0, 0.1) is 0 Å². The number of alkyl carbamates (subject to hydrolysis) is 1. The molecule has 8 heteroatoms. The van der Waals surface area contributed by atoms with E-state index < -0.39 is 11.7 Å². The molecule has 0 heterocycles. The minimum Gasteiger partial charge on any atom is -0.444 e. The maximum atomic E-state index is 11.8. The Morgan fingerprint density at radius 3 is 2.12 bits per heavy atom. The summed E-state index contributed by atoms with van der Waals surface area (Å²) in [6.07, 6.45) is 0.289. The van der Waals surface area contributed by atoms with Crippen LogP contribution >= 0.6 is 15.9 Å². The summed E-state index contributed by atoms with van der Waals surface area (Å²) in [6.45, 7) is 5.97. The molecule has 0 aliphatic carbocycles. The molecule has 3 N–H and O–H groups in total. The van der Waals surface area contributed by atoms with Crippen molar-refractivity contribution in [2.24, 2.45) is 0 Å². The number of rotatable bonds is 8. The molecule has 26 heavy (non-hydrogen) atoms. The highest BCUT2D eigenvalue weighted by molar-refractivity contribution is 9.10. The summed E-state index contributed by atoms with van der Waals surface area (Å²) in [5, 5.41) is 7.85. The van der Waals surface area contributed by atoms with Crippen molar-refractivity contribution in [2.75, 3.05) is 19.6 Å². The molecule has 0 saturated carbocycles. The average Bonchev–Trinajstić information content (AvgIpc) is 2.53. The molecule has 3 amide bonds. The Hall–Kier alpha value is -2.09. The summed E-state index contributed by atoms with van der Waals surface area (Å²) in [5.74, 6) is -0.373. The summed E-state index contributed by atoms with van der Waals surface area (Å²) >= 11 is 3.35. The van der Waals surface area contributed by atoms with Gasteiger partial charge >= 0.3 is 6.09 Å². The molecule has 0 fully saturated rings. The van der Waals surface area contributed by atoms with E-state index in [0.29, 0.717) is 25.9 Å². The highest BCUT2D eigenvalue weighted by Gasteiger charge is 2.16. The molecular formula is C18H26BrN3O4. The van der Waals surface area contributed by atoms with Gasteiger partial charge in [0.05, 0.1) is 13.0 Å². The molecule has 0 aliphatic rings. The van der Waals surface area contributed by atoms with Crippen LogP contribution in [0.3, 0.4) is 0 Å². The molecule has 0 bridgehead atoms. The SMILES string of the molecule is CC(C)(C)OC(=O)NCC(=O)NCCCNC(=O)Cc1ccc(Br)cc1. The Balaban J connectivity index is 2.09. The van der Waals surface area contributed by atoms with Crippen LogP contribution in [-0.4, -0.2) is 43.1 Å². The van der Waals surface area contributed by atoms with E-state index in [1.165, 1.54) is 0 Å². The minimum absolute atomic E-state index is 0.0646. The molecular weight excluding hydrogens is 402 g/mol. The number of hydrogen-bond donors (Lipinski definition) is 3. The van der Waals surface area contributed by atoms with E-state index in [1.54, 1.807) is 20.8 Å². The van der Waals surface area contributed by atoms with Gasteiger partial charge in [-0.15, -0.1) is 0 Å². The zero-order chi connectivity index (χ0) is 19.6. The fraction of sp³-hybridized carbons (Fsp3) is 0.500.